The number of ether oxygens (including phenoxy) is 1. The summed E-state index contributed by atoms with van der Waals surface area (Å²) in [6, 6.07) is 3.70. The van der Waals surface area contributed by atoms with E-state index < -0.39 is 20.7 Å². The third-order valence-corrected chi connectivity index (χ3v) is 5.64. The number of sulfone groups is 1. The van der Waals surface area contributed by atoms with Gasteiger partial charge in [-0.3, -0.25) is 19.8 Å². The number of likely N-dealkylation sites (N-methyl/N-ethyl adjacent to an activating group) is 1. The van der Waals surface area contributed by atoms with E-state index in [1.807, 2.05) is 0 Å². The molecule has 0 radical (unpaired) electrons. The van der Waals surface area contributed by atoms with Gasteiger partial charge < -0.3 is 10.1 Å². The maximum Gasteiger partial charge on any atom is 0.271 e. The second-order valence-electron chi connectivity index (χ2n) is 5.66. The van der Waals surface area contributed by atoms with Gasteiger partial charge in [0.15, 0.2) is 9.84 Å². The summed E-state index contributed by atoms with van der Waals surface area (Å²) in [6.07, 6.45) is 0.492. The van der Waals surface area contributed by atoms with Crippen molar-refractivity contribution >= 4 is 27.1 Å². The lowest BCUT2D eigenvalue weighted by molar-refractivity contribution is -0.384. The number of hydrogen-bond donors (Lipinski definition) is 1. The Balaban J connectivity index is 2.04. The summed E-state index contributed by atoms with van der Waals surface area (Å²) >= 11 is 0. The van der Waals surface area contributed by atoms with E-state index in [4.69, 9.17) is 4.74 Å². The van der Waals surface area contributed by atoms with Crippen LogP contribution in [0.15, 0.2) is 18.2 Å². The Morgan fingerprint density at radius 1 is 1.50 bits per heavy atom. The standard InChI is InChI=1S/C14H19N3O6S/c1-16(11-5-6-24(21,22)9-11)8-14(18)15-12-7-10(17(19)20)3-4-13(12)23-2/h3-4,7,11H,5-6,8-9H2,1-2H3,(H,15,18). The maximum absolute atomic E-state index is 12.2. The summed E-state index contributed by atoms with van der Waals surface area (Å²) in [5.41, 5.74) is 0.0329. The first-order chi connectivity index (χ1) is 11.2. The van der Waals surface area contributed by atoms with Crippen molar-refractivity contribution in [2.24, 2.45) is 0 Å². The van der Waals surface area contributed by atoms with Gasteiger partial charge in [-0.25, -0.2) is 8.42 Å². The third kappa shape index (κ3) is 4.42. The number of anilines is 1. The number of carbonyl (C=O) groups excluding carboxylic acids is 1. The van der Waals surface area contributed by atoms with E-state index in [0.29, 0.717) is 12.2 Å². The predicted octanol–water partition coefficient (Wildman–Crippen LogP) is 0.661. The Labute approximate surface area is 139 Å². The Kier molecular flexibility index (Phi) is 5.40. The molecule has 1 N–H and O–H groups in total. The SMILES string of the molecule is COc1ccc([N+](=O)[O-])cc1NC(=O)CN(C)C1CCS(=O)(=O)C1. The normalized spacial score (nSPS) is 19.2. The lowest BCUT2D eigenvalue weighted by atomic mass is 10.2. The van der Waals surface area contributed by atoms with Gasteiger partial charge in [-0.2, -0.15) is 0 Å². The predicted molar refractivity (Wildman–Crippen MR) is 88.0 cm³/mol. The van der Waals surface area contributed by atoms with Gasteiger partial charge in [-0.15, -0.1) is 0 Å². The Morgan fingerprint density at radius 3 is 2.75 bits per heavy atom. The van der Waals surface area contributed by atoms with Crippen molar-refractivity contribution in [2.75, 3.05) is 37.5 Å². The van der Waals surface area contributed by atoms with Gasteiger partial charge in [0.1, 0.15) is 5.75 Å². The molecule has 1 atom stereocenters. The van der Waals surface area contributed by atoms with Crippen LogP contribution < -0.4 is 10.1 Å². The highest BCUT2D eigenvalue weighted by Crippen LogP contribution is 2.28. The molecule has 1 aromatic carbocycles. The van der Waals surface area contributed by atoms with E-state index in [9.17, 15) is 23.3 Å². The molecule has 132 valence electrons. The summed E-state index contributed by atoms with van der Waals surface area (Å²) in [5, 5.41) is 13.4. The maximum atomic E-state index is 12.2. The van der Waals surface area contributed by atoms with Crippen LogP contribution in [0.1, 0.15) is 6.42 Å². The van der Waals surface area contributed by atoms with Crippen LogP contribution in [0.2, 0.25) is 0 Å². The Bertz CT molecular complexity index is 749. The van der Waals surface area contributed by atoms with E-state index in [-0.39, 0.29) is 35.5 Å². The van der Waals surface area contributed by atoms with Gasteiger partial charge >= 0.3 is 0 Å². The fourth-order valence-electron chi connectivity index (χ4n) is 2.58. The van der Waals surface area contributed by atoms with Crippen molar-refractivity contribution in [1.29, 1.82) is 0 Å². The quantitative estimate of drug-likeness (QED) is 0.587. The molecule has 24 heavy (non-hydrogen) atoms. The molecule has 0 spiro atoms. The fourth-order valence-corrected chi connectivity index (χ4v) is 4.38. The molecule has 1 saturated heterocycles. The monoisotopic (exact) mass is 357 g/mol. The number of carbonyl (C=O) groups is 1. The average molecular weight is 357 g/mol. The Hall–Kier alpha value is -2.20. The van der Waals surface area contributed by atoms with Crippen LogP contribution in [0.5, 0.6) is 5.75 Å². The minimum absolute atomic E-state index is 0.0218. The topological polar surface area (TPSA) is 119 Å². The highest BCUT2D eigenvalue weighted by Gasteiger charge is 2.31. The van der Waals surface area contributed by atoms with Crippen LogP contribution >= 0.6 is 0 Å². The van der Waals surface area contributed by atoms with E-state index in [1.165, 1.54) is 25.3 Å². The van der Waals surface area contributed by atoms with Crippen molar-refractivity contribution in [3.63, 3.8) is 0 Å². The zero-order valence-electron chi connectivity index (χ0n) is 13.4. The number of non-ortho nitro benzene ring substituents is 1. The fraction of sp³-hybridized carbons (Fsp3) is 0.500. The van der Waals surface area contributed by atoms with Crippen molar-refractivity contribution in [3.8, 4) is 5.75 Å². The summed E-state index contributed by atoms with van der Waals surface area (Å²) in [7, 11) is 0.0422. The number of nitro benzene ring substituents is 1. The number of amides is 1. The van der Waals surface area contributed by atoms with Gasteiger partial charge in [0.2, 0.25) is 5.91 Å². The first-order valence-corrected chi connectivity index (χ1v) is 9.07. The van der Waals surface area contributed by atoms with Crippen LogP contribution in [0, 0.1) is 10.1 Å². The number of methoxy groups -OCH3 is 1. The number of hydrogen-bond acceptors (Lipinski definition) is 7. The molecule has 0 bridgehead atoms. The number of benzene rings is 1. The first kappa shape index (κ1) is 18.1. The van der Waals surface area contributed by atoms with Crippen molar-refractivity contribution in [3.05, 3.63) is 28.3 Å². The van der Waals surface area contributed by atoms with Gasteiger partial charge in [0.25, 0.3) is 5.69 Å². The number of rotatable bonds is 6. The molecule has 1 fully saturated rings. The largest absolute Gasteiger partial charge is 0.495 e. The smallest absolute Gasteiger partial charge is 0.271 e. The summed E-state index contributed by atoms with van der Waals surface area (Å²) in [5.74, 6) is 0.0693. The molecular weight excluding hydrogens is 338 g/mol. The van der Waals surface area contributed by atoms with Crippen LogP contribution in [0.3, 0.4) is 0 Å². The van der Waals surface area contributed by atoms with E-state index in [0.717, 1.165) is 0 Å². The van der Waals surface area contributed by atoms with Gasteiger partial charge in [0.05, 0.1) is 35.8 Å². The van der Waals surface area contributed by atoms with E-state index in [1.54, 1.807) is 11.9 Å². The summed E-state index contributed by atoms with van der Waals surface area (Å²) in [6.45, 7) is -0.0218. The minimum atomic E-state index is -3.03. The second kappa shape index (κ2) is 7.14. The van der Waals surface area contributed by atoms with E-state index in [2.05, 4.69) is 5.32 Å². The molecule has 1 amide bonds. The third-order valence-electron chi connectivity index (χ3n) is 3.89. The molecule has 2 rings (SSSR count). The lowest BCUT2D eigenvalue weighted by Crippen LogP contribution is -2.38. The number of nitrogens with one attached hydrogen (secondary N) is 1. The molecular formula is C14H19N3O6S. The molecule has 1 aromatic rings. The van der Waals surface area contributed by atoms with Crippen molar-refractivity contribution in [1.82, 2.24) is 4.90 Å². The molecule has 0 saturated carbocycles. The zero-order chi connectivity index (χ0) is 17.9. The molecule has 10 heteroatoms. The minimum Gasteiger partial charge on any atom is -0.495 e. The Morgan fingerprint density at radius 2 is 2.21 bits per heavy atom. The average Bonchev–Trinajstić information content (AvgIpc) is 2.87. The molecule has 0 aliphatic carbocycles. The lowest BCUT2D eigenvalue weighted by Gasteiger charge is -2.22. The van der Waals surface area contributed by atoms with Gasteiger partial charge in [-0.1, -0.05) is 0 Å². The van der Waals surface area contributed by atoms with Gasteiger partial charge in [0, 0.05) is 18.2 Å². The molecule has 9 nitrogen and oxygen atoms in total. The first-order valence-electron chi connectivity index (χ1n) is 7.25. The highest BCUT2D eigenvalue weighted by atomic mass is 32.2. The van der Waals surface area contributed by atoms with Crippen molar-refractivity contribution < 1.29 is 22.9 Å². The van der Waals surface area contributed by atoms with Crippen LogP contribution in [0.25, 0.3) is 0 Å². The van der Waals surface area contributed by atoms with Crippen LogP contribution in [-0.4, -0.2) is 62.4 Å². The summed E-state index contributed by atoms with van der Waals surface area (Å²) < 4.78 is 28.1. The highest BCUT2D eigenvalue weighted by molar-refractivity contribution is 7.91. The number of nitrogens with zero attached hydrogens (tertiary/aromatic N) is 2. The summed E-state index contributed by atoms with van der Waals surface area (Å²) in [4.78, 5) is 24.1. The van der Waals surface area contributed by atoms with Crippen LogP contribution in [-0.2, 0) is 14.6 Å². The number of nitro groups is 1. The van der Waals surface area contributed by atoms with Gasteiger partial charge in [-0.05, 0) is 19.5 Å². The molecule has 1 heterocycles. The second-order valence-corrected chi connectivity index (χ2v) is 7.89. The van der Waals surface area contributed by atoms with Crippen LogP contribution in [0.4, 0.5) is 11.4 Å². The van der Waals surface area contributed by atoms with Crippen molar-refractivity contribution in [2.45, 2.75) is 12.5 Å². The molecule has 0 aromatic heterocycles. The van der Waals surface area contributed by atoms with E-state index >= 15 is 0 Å². The molecule has 1 unspecified atom stereocenters. The zero-order valence-corrected chi connectivity index (χ0v) is 14.2. The molecule has 1 aliphatic heterocycles. The molecule has 1 aliphatic rings.